The molecule has 3 heteroatoms. The third-order valence-corrected chi connectivity index (χ3v) is 4.79. The summed E-state index contributed by atoms with van der Waals surface area (Å²) in [6.45, 7) is 5.57. The van der Waals surface area contributed by atoms with Gasteiger partial charge in [-0.2, -0.15) is 0 Å². The molecule has 1 aromatic rings. The van der Waals surface area contributed by atoms with E-state index in [0.717, 1.165) is 6.54 Å². The van der Waals surface area contributed by atoms with Gasteiger partial charge in [-0.1, -0.05) is 32.4 Å². The van der Waals surface area contributed by atoms with Gasteiger partial charge in [0.15, 0.2) is 0 Å². The van der Waals surface area contributed by atoms with E-state index >= 15 is 0 Å². The Morgan fingerprint density at radius 1 is 1.35 bits per heavy atom. The first-order valence-corrected chi connectivity index (χ1v) is 7.58. The Bertz CT molecular complexity index is 444. The van der Waals surface area contributed by atoms with E-state index in [2.05, 4.69) is 24.1 Å². The maximum Gasteiger partial charge on any atom is 0.146 e. The van der Waals surface area contributed by atoms with E-state index < -0.39 is 0 Å². The van der Waals surface area contributed by atoms with E-state index in [-0.39, 0.29) is 5.82 Å². The molecule has 1 fully saturated rings. The molecule has 112 valence electrons. The van der Waals surface area contributed by atoms with Gasteiger partial charge >= 0.3 is 0 Å². The zero-order chi connectivity index (χ0) is 14.8. The lowest BCUT2D eigenvalue weighted by atomic mass is 9.68. The Kier molecular flexibility index (Phi) is 4.69. The number of nitrogens with one attached hydrogen (secondary N) is 1. The number of benzene rings is 1. The molecule has 0 bridgehead atoms. The first-order chi connectivity index (χ1) is 9.45. The van der Waals surface area contributed by atoms with Crippen molar-refractivity contribution in [3.05, 3.63) is 30.1 Å². The van der Waals surface area contributed by atoms with Crippen molar-refractivity contribution >= 4 is 5.69 Å². The maximum atomic E-state index is 13.9. The van der Waals surface area contributed by atoms with Crippen LogP contribution in [0.2, 0.25) is 0 Å². The highest BCUT2D eigenvalue weighted by Crippen LogP contribution is 2.39. The summed E-state index contributed by atoms with van der Waals surface area (Å²) in [5.41, 5.74) is 1.01. The monoisotopic (exact) mass is 278 g/mol. The molecule has 0 saturated heterocycles. The van der Waals surface area contributed by atoms with Crippen molar-refractivity contribution in [2.75, 3.05) is 25.5 Å². The third-order valence-electron chi connectivity index (χ3n) is 4.79. The second-order valence-corrected chi connectivity index (χ2v) is 6.74. The molecule has 0 aliphatic heterocycles. The minimum Gasteiger partial charge on any atom is -0.372 e. The Labute approximate surface area is 122 Å². The highest BCUT2D eigenvalue weighted by atomic mass is 19.1. The average Bonchev–Trinajstić information content (AvgIpc) is 2.38. The molecule has 1 N–H and O–H groups in total. The molecule has 0 amide bonds. The summed E-state index contributed by atoms with van der Waals surface area (Å²) < 4.78 is 13.9. The van der Waals surface area contributed by atoms with Crippen LogP contribution < -0.4 is 10.2 Å². The fraction of sp³-hybridized carbons (Fsp3) is 0.647. The molecule has 2 nitrogen and oxygen atoms in total. The average molecular weight is 278 g/mol. The van der Waals surface area contributed by atoms with Gasteiger partial charge in [-0.05, 0) is 43.4 Å². The Morgan fingerprint density at radius 2 is 2.05 bits per heavy atom. The van der Waals surface area contributed by atoms with Crippen LogP contribution >= 0.6 is 0 Å². The maximum absolute atomic E-state index is 13.9. The van der Waals surface area contributed by atoms with Gasteiger partial charge < -0.3 is 10.2 Å². The molecule has 2 atom stereocenters. The largest absolute Gasteiger partial charge is 0.372 e. The van der Waals surface area contributed by atoms with E-state index in [1.54, 1.807) is 6.07 Å². The minimum absolute atomic E-state index is 0.133. The molecule has 1 aliphatic rings. The molecule has 0 aromatic heterocycles. The fourth-order valence-corrected chi connectivity index (χ4v) is 3.81. The summed E-state index contributed by atoms with van der Waals surface area (Å²) in [6.07, 6.45) is 3.74. The number of nitrogens with zero attached hydrogens (tertiary/aromatic N) is 1. The van der Waals surface area contributed by atoms with E-state index in [1.165, 1.54) is 25.3 Å². The van der Waals surface area contributed by atoms with E-state index in [0.29, 0.717) is 23.1 Å². The van der Waals surface area contributed by atoms with Crippen molar-refractivity contribution in [3.8, 4) is 0 Å². The molecule has 0 spiro atoms. The SMILES string of the molecule is CNC1C(CN(C)c2ccccc2F)CCCC1(C)C. The number of rotatable bonds is 4. The van der Waals surface area contributed by atoms with Gasteiger partial charge in [-0.3, -0.25) is 0 Å². The summed E-state index contributed by atoms with van der Waals surface area (Å²) in [5.74, 6) is 0.430. The first kappa shape index (κ1) is 15.3. The van der Waals surface area contributed by atoms with Gasteiger partial charge in [0.25, 0.3) is 0 Å². The molecule has 1 aliphatic carbocycles. The third kappa shape index (κ3) is 3.14. The molecular weight excluding hydrogens is 251 g/mol. The first-order valence-electron chi connectivity index (χ1n) is 7.58. The predicted octanol–water partition coefficient (Wildman–Crippen LogP) is 3.68. The van der Waals surface area contributed by atoms with Crippen molar-refractivity contribution in [2.45, 2.75) is 39.2 Å². The van der Waals surface area contributed by atoms with Crippen LogP contribution in [-0.2, 0) is 0 Å². The van der Waals surface area contributed by atoms with Gasteiger partial charge in [0, 0.05) is 19.6 Å². The molecule has 2 unspecified atom stereocenters. The lowest BCUT2D eigenvalue weighted by Crippen LogP contribution is -2.51. The summed E-state index contributed by atoms with van der Waals surface area (Å²) in [7, 11) is 4.04. The van der Waals surface area contributed by atoms with Crippen LogP contribution in [0.3, 0.4) is 0 Å². The summed E-state index contributed by atoms with van der Waals surface area (Å²) in [6, 6.07) is 7.52. The summed E-state index contributed by atoms with van der Waals surface area (Å²) in [5, 5.41) is 3.50. The zero-order valence-electron chi connectivity index (χ0n) is 13.1. The Balaban J connectivity index is 2.10. The molecule has 0 heterocycles. The van der Waals surface area contributed by atoms with Crippen LogP contribution in [0.4, 0.5) is 10.1 Å². The second-order valence-electron chi connectivity index (χ2n) is 6.74. The minimum atomic E-state index is -0.133. The Hall–Kier alpha value is -1.09. The number of hydrogen-bond acceptors (Lipinski definition) is 2. The van der Waals surface area contributed by atoms with Gasteiger partial charge in [0.1, 0.15) is 5.82 Å². The smallest absolute Gasteiger partial charge is 0.146 e. The summed E-state index contributed by atoms with van der Waals surface area (Å²) in [4.78, 5) is 2.06. The van der Waals surface area contributed by atoms with Gasteiger partial charge in [-0.15, -0.1) is 0 Å². The number of para-hydroxylation sites is 1. The molecule has 2 rings (SSSR count). The van der Waals surface area contributed by atoms with Gasteiger partial charge in [0.05, 0.1) is 5.69 Å². The fourth-order valence-electron chi connectivity index (χ4n) is 3.81. The van der Waals surface area contributed by atoms with E-state index in [9.17, 15) is 4.39 Å². The molecule has 20 heavy (non-hydrogen) atoms. The van der Waals surface area contributed by atoms with Crippen LogP contribution in [0.5, 0.6) is 0 Å². The normalized spacial score (nSPS) is 25.4. The van der Waals surface area contributed by atoms with E-state index in [4.69, 9.17) is 0 Å². The van der Waals surface area contributed by atoms with Crippen molar-refractivity contribution in [1.82, 2.24) is 5.32 Å². The van der Waals surface area contributed by atoms with E-state index in [1.807, 2.05) is 26.2 Å². The zero-order valence-corrected chi connectivity index (χ0v) is 13.1. The van der Waals surface area contributed by atoms with Gasteiger partial charge in [0.2, 0.25) is 0 Å². The lowest BCUT2D eigenvalue weighted by Gasteiger charge is -2.45. The molecule has 1 aromatic carbocycles. The number of halogens is 1. The van der Waals surface area contributed by atoms with Crippen molar-refractivity contribution < 1.29 is 4.39 Å². The van der Waals surface area contributed by atoms with Crippen molar-refractivity contribution in [3.63, 3.8) is 0 Å². The number of anilines is 1. The van der Waals surface area contributed by atoms with Crippen LogP contribution in [0, 0.1) is 17.2 Å². The second kappa shape index (κ2) is 6.13. The topological polar surface area (TPSA) is 15.3 Å². The summed E-state index contributed by atoms with van der Waals surface area (Å²) >= 11 is 0. The van der Waals surface area contributed by atoms with Crippen LogP contribution in [0.25, 0.3) is 0 Å². The predicted molar refractivity (Wildman–Crippen MR) is 83.6 cm³/mol. The molecular formula is C17H27FN2. The number of hydrogen-bond donors (Lipinski definition) is 1. The molecule has 0 radical (unpaired) electrons. The highest BCUT2D eigenvalue weighted by molar-refractivity contribution is 5.46. The quantitative estimate of drug-likeness (QED) is 0.904. The van der Waals surface area contributed by atoms with Gasteiger partial charge in [-0.25, -0.2) is 4.39 Å². The Morgan fingerprint density at radius 3 is 2.70 bits per heavy atom. The van der Waals surface area contributed by atoms with Crippen LogP contribution in [-0.4, -0.2) is 26.7 Å². The standard InChI is InChI=1S/C17H27FN2/c1-17(2)11-7-8-13(16(17)19-3)12-20(4)15-10-6-5-9-14(15)18/h5-6,9-10,13,16,19H,7-8,11-12H2,1-4H3. The lowest BCUT2D eigenvalue weighted by molar-refractivity contribution is 0.118. The van der Waals surface area contributed by atoms with Crippen molar-refractivity contribution in [1.29, 1.82) is 0 Å². The van der Waals surface area contributed by atoms with Crippen LogP contribution in [0.1, 0.15) is 33.1 Å². The highest BCUT2D eigenvalue weighted by Gasteiger charge is 2.38. The van der Waals surface area contributed by atoms with Crippen molar-refractivity contribution in [2.24, 2.45) is 11.3 Å². The van der Waals surface area contributed by atoms with Crippen LogP contribution in [0.15, 0.2) is 24.3 Å². The molecule has 1 saturated carbocycles.